The molecular weight excluding hydrogens is 196 g/mol. The Morgan fingerprint density at radius 2 is 2.20 bits per heavy atom. The van der Waals surface area contributed by atoms with Crippen LogP contribution in [0.1, 0.15) is 6.42 Å². The molecule has 0 saturated heterocycles. The highest BCUT2D eigenvalue weighted by Crippen LogP contribution is 2.06. The van der Waals surface area contributed by atoms with Gasteiger partial charge in [-0.05, 0) is 0 Å². The lowest BCUT2D eigenvalue weighted by atomic mass is 10.5. The van der Waals surface area contributed by atoms with E-state index in [1.165, 1.54) is 0 Å². The summed E-state index contributed by atoms with van der Waals surface area (Å²) in [6, 6.07) is 0. The van der Waals surface area contributed by atoms with Gasteiger partial charge in [-0.15, -0.1) is 0 Å². The Kier molecular flexibility index (Phi) is 5.14. The summed E-state index contributed by atoms with van der Waals surface area (Å²) in [7, 11) is 0. The average Bonchev–Trinajstić information content (AvgIpc) is 1.58. The monoisotopic (exact) mass is 201 g/mol. The maximum atomic E-state index is 10.4. The van der Waals surface area contributed by atoms with E-state index in [1.54, 1.807) is 0 Å². The standard InChI is InChI=1S/C3H6O4S3/c4-2(1-3(8)9)7-10(5)6/h3,8-9H,1H2,(H,5,6)/p-1. The van der Waals surface area contributed by atoms with Crippen molar-refractivity contribution in [2.75, 3.05) is 0 Å². The molecule has 1 atom stereocenters. The quantitative estimate of drug-likeness (QED) is 0.380. The molecule has 0 aliphatic rings. The first-order valence-corrected chi connectivity index (χ1v) is 4.22. The third kappa shape index (κ3) is 6.40. The van der Waals surface area contributed by atoms with Crippen LogP contribution in [-0.2, 0) is 20.3 Å². The number of rotatable bonds is 3. The Balaban J connectivity index is 3.54. The predicted octanol–water partition coefficient (Wildman–Crippen LogP) is -0.100. The van der Waals surface area contributed by atoms with Crippen LogP contribution >= 0.6 is 25.3 Å². The van der Waals surface area contributed by atoms with Crippen molar-refractivity contribution >= 4 is 42.6 Å². The molecule has 0 heterocycles. The molecule has 0 aromatic heterocycles. The molecule has 0 saturated carbocycles. The second kappa shape index (κ2) is 5.00. The van der Waals surface area contributed by atoms with Crippen LogP contribution in [0.3, 0.4) is 0 Å². The molecule has 0 fully saturated rings. The predicted molar refractivity (Wildman–Crippen MR) is 41.4 cm³/mol. The van der Waals surface area contributed by atoms with Crippen LogP contribution in [0.4, 0.5) is 0 Å². The third-order valence-electron chi connectivity index (χ3n) is 0.510. The highest BCUT2D eigenvalue weighted by Gasteiger charge is 2.06. The van der Waals surface area contributed by atoms with Crippen LogP contribution in [0.25, 0.3) is 0 Å². The van der Waals surface area contributed by atoms with Crippen LogP contribution in [0.2, 0.25) is 0 Å². The lowest BCUT2D eigenvalue weighted by Gasteiger charge is -2.05. The van der Waals surface area contributed by atoms with Crippen molar-refractivity contribution in [3.8, 4) is 0 Å². The summed E-state index contributed by atoms with van der Waals surface area (Å²) in [5.41, 5.74) is 0. The van der Waals surface area contributed by atoms with Crippen LogP contribution in [0, 0.1) is 0 Å². The van der Waals surface area contributed by atoms with E-state index in [4.69, 9.17) is 0 Å². The van der Waals surface area contributed by atoms with Gasteiger partial charge in [0.25, 0.3) is 0 Å². The molecule has 0 N–H and O–H groups in total. The molecule has 0 rings (SSSR count). The molecule has 0 aromatic carbocycles. The molecule has 0 radical (unpaired) electrons. The maximum Gasteiger partial charge on any atom is 0.321 e. The molecule has 1 unspecified atom stereocenters. The molecule has 0 spiro atoms. The van der Waals surface area contributed by atoms with Crippen molar-refractivity contribution in [1.82, 2.24) is 0 Å². The molecule has 0 aromatic rings. The molecular formula is C3H5O4S3-. The van der Waals surface area contributed by atoms with Gasteiger partial charge in [-0.25, -0.2) is 4.21 Å². The minimum absolute atomic E-state index is 0.139. The first kappa shape index (κ1) is 10.3. The highest BCUT2D eigenvalue weighted by molar-refractivity contribution is 7.99. The van der Waals surface area contributed by atoms with Gasteiger partial charge >= 0.3 is 5.97 Å². The van der Waals surface area contributed by atoms with E-state index in [2.05, 4.69) is 29.4 Å². The number of carbonyl (C=O) groups is 1. The Morgan fingerprint density at radius 3 is 2.50 bits per heavy atom. The van der Waals surface area contributed by atoms with Crippen molar-refractivity contribution < 1.29 is 17.7 Å². The smallest absolute Gasteiger partial charge is 0.321 e. The SMILES string of the molecule is O=C(CC(S)S)OS(=O)[O-]. The largest absolute Gasteiger partial charge is 0.740 e. The maximum absolute atomic E-state index is 10.4. The van der Waals surface area contributed by atoms with Gasteiger partial charge in [0.1, 0.15) is 11.4 Å². The molecule has 0 bridgehead atoms. The number of hydrogen-bond acceptors (Lipinski definition) is 6. The Morgan fingerprint density at radius 1 is 1.70 bits per heavy atom. The van der Waals surface area contributed by atoms with Crippen molar-refractivity contribution in [1.29, 1.82) is 0 Å². The van der Waals surface area contributed by atoms with E-state index >= 15 is 0 Å². The van der Waals surface area contributed by atoms with E-state index < -0.39 is 21.9 Å². The van der Waals surface area contributed by atoms with Gasteiger partial charge in [-0.1, -0.05) is 0 Å². The molecule has 0 aliphatic heterocycles. The van der Waals surface area contributed by atoms with Crippen molar-refractivity contribution in [3.63, 3.8) is 0 Å². The van der Waals surface area contributed by atoms with Gasteiger partial charge in [-0.2, -0.15) is 25.3 Å². The van der Waals surface area contributed by atoms with E-state index in [0.717, 1.165) is 0 Å². The fraction of sp³-hybridized carbons (Fsp3) is 0.667. The minimum Gasteiger partial charge on any atom is -0.740 e. The first-order valence-electron chi connectivity index (χ1n) is 2.19. The second-order valence-corrected chi connectivity index (χ2v) is 3.57. The van der Waals surface area contributed by atoms with Crippen LogP contribution in [0.15, 0.2) is 0 Å². The van der Waals surface area contributed by atoms with Crippen molar-refractivity contribution in [3.05, 3.63) is 0 Å². The molecule has 0 aliphatic carbocycles. The zero-order valence-corrected chi connectivity index (χ0v) is 7.33. The fourth-order valence-electron chi connectivity index (χ4n) is 0.259. The van der Waals surface area contributed by atoms with Gasteiger partial charge in [-0.3, -0.25) is 4.79 Å². The summed E-state index contributed by atoms with van der Waals surface area (Å²) in [6.45, 7) is 0. The Bertz CT molecular complexity index is 145. The summed E-state index contributed by atoms with van der Waals surface area (Å²) in [4.78, 5) is 10.4. The van der Waals surface area contributed by atoms with Gasteiger partial charge in [0.05, 0.1) is 11.0 Å². The van der Waals surface area contributed by atoms with Crippen LogP contribution < -0.4 is 0 Å². The zero-order valence-electron chi connectivity index (χ0n) is 4.72. The lowest BCUT2D eigenvalue weighted by molar-refractivity contribution is -0.133. The summed E-state index contributed by atoms with van der Waals surface area (Å²) in [5.74, 6) is -0.858. The molecule has 60 valence electrons. The normalized spacial score (nSPS) is 13.2. The van der Waals surface area contributed by atoms with Gasteiger partial charge in [0.2, 0.25) is 0 Å². The first-order chi connectivity index (χ1) is 4.52. The lowest BCUT2D eigenvalue weighted by Crippen LogP contribution is -2.09. The van der Waals surface area contributed by atoms with Gasteiger partial charge in [0.15, 0.2) is 0 Å². The van der Waals surface area contributed by atoms with E-state index in [-0.39, 0.29) is 6.42 Å². The van der Waals surface area contributed by atoms with Crippen LogP contribution in [-0.4, -0.2) is 19.3 Å². The third-order valence-corrected chi connectivity index (χ3v) is 1.20. The van der Waals surface area contributed by atoms with E-state index in [1.807, 2.05) is 0 Å². The number of thiol groups is 2. The summed E-state index contributed by atoms with van der Waals surface area (Å²) >= 11 is 4.66. The van der Waals surface area contributed by atoms with Gasteiger partial charge < -0.3 is 8.74 Å². The van der Waals surface area contributed by atoms with Crippen LogP contribution in [0.5, 0.6) is 0 Å². The molecule has 4 nitrogen and oxygen atoms in total. The highest BCUT2D eigenvalue weighted by atomic mass is 32.2. The van der Waals surface area contributed by atoms with Crippen molar-refractivity contribution in [2.24, 2.45) is 0 Å². The van der Waals surface area contributed by atoms with E-state index in [0.29, 0.717) is 0 Å². The second-order valence-electron chi connectivity index (χ2n) is 1.34. The topological polar surface area (TPSA) is 66.4 Å². The summed E-state index contributed by atoms with van der Waals surface area (Å²) in [5, 5.41) is 0. The Hall–Kier alpha value is 0.280. The molecule has 7 heteroatoms. The van der Waals surface area contributed by atoms with Crippen molar-refractivity contribution in [2.45, 2.75) is 11.0 Å². The van der Waals surface area contributed by atoms with Gasteiger partial charge in [0, 0.05) is 0 Å². The minimum atomic E-state index is -2.78. The number of carbonyl (C=O) groups excluding carboxylic acids is 1. The van der Waals surface area contributed by atoms with E-state index in [9.17, 15) is 13.6 Å². The summed E-state index contributed by atoms with van der Waals surface area (Å²) < 4.78 is 22.6. The number of hydrogen-bond donors (Lipinski definition) is 2. The summed E-state index contributed by atoms with van der Waals surface area (Å²) in [6.07, 6.45) is -0.139. The average molecular weight is 201 g/mol. The fourth-order valence-corrected chi connectivity index (χ4v) is 0.777. The Labute approximate surface area is 71.6 Å². The zero-order chi connectivity index (χ0) is 8.15. The molecule has 0 amide bonds. The molecule has 10 heavy (non-hydrogen) atoms.